The molecule has 3 rings (SSSR count). The van der Waals surface area contributed by atoms with Gasteiger partial charge >= 0.3 is 6.18 Å². The highest BCUT2D eigenvalue weighted by Crippen LogP contribution is 2.34. The van der Waals surface area contributed by atoms with E-state index in [1.807, 2.05) is 0 Å². The third-order valence-electron chi connectivity index (χ3n) is 5.80. The van der Waals surface area contributed by atoms with Crippen LogP contribution in [0, 0.1) is 5.92 Å². The minimum Gasteiger partial charge on any atom is -0.392 e. The number of aliphatic hydroxyl groups excluding tert-OH is 1. The largest absolute Gasteiger partial charge is 0.416 e. The van der Waals surface area contributed by atoms with Crippen LogP contribution < -0.4 is 5.32 Å². The molecule has 0 aliphatic heterocycles. The summed E-state index contributed by atoms with van der Waals surface area (Å²) in [6.07, 6.45) is 0.783. The highest BCUT2D eigenvalue weighted by Gasteiger charge is 2.30. The first kappa shape index (κ1) is 21.4. The number of halogens is 3. The lowest BCUT2D eigenvalue weighted by Gasteiger charge is -2.28. The molecule has 0 bridgehead atoms. The zero-order chi connectivity index (χ0) is 21.0. The van der Waals surface area contributed by atoms with Crippen molar-refractivity contribution in [2.75, 3.05) is 0 Å². The first-order valence-corrected chi connectivity index (χ1v) is 10.0. The average molecular weight is 405 g/mol. The van der Waals surface area contributed by atoms with Crippen LogP contribution in [0.15, 0.2) is 42.5 Å². The third-order valence-corrected chi connectivity index (χ3v) is 5.80. The van der Waals surface area contributed by atoms with Crippen molar-refractivity contribution in [2.24, 2.45) is 5.92 Å². The van der Waals surface area contributed by atoms with E-state index in [0.29, 0.717) is 22.3 Å². The molecule has 0 saturated heterocycles. The molecule has 29 heavy (non-hydrogen) atoms. The summed E-state index contributed by atoms with van der Waals surface area (Å²) in [7, 11) is 0. The lowest BCUT2D eigenvalue weighted by molar-refractivity contribution is -0.137. The lowest BCUT2D eigenvalue weighted by atomic mass is 9.84. The molecule has 3 nitrogen and oxygen atoms in total. The van der Waals surface area contributed by atoms with Crippen LogP contribution in [0.25, 0.3) is 11.1 Å². The molecule has 1 fully saturated rings. The molecule has 2 N–H and O–H groups in total. The molecule has 0 heterocycles. The van der Waals surface area contributed by atoms with Gasteiger partial charge in [-0.25, -0.2) is 0 Å². The lowest BCUT2D eigenvalue weighted by Crippen LogP contribution is -2.37. The Kier molecular flexibility index (Phi) is 6.63. The Morgan fingerprint density at radius 2 is 1.83 bits per heavy atom. The molecular weight excluding hydrogens is 379 g/mol. The van der Waals surface area contributed by atoms with Gasteiger partial charge in [-0.3, -0.25) is 4.79 Å². The van der Waals surface area contributed by atoms with Crippen molar-refractivity contribution in [1.82, 2.24) is 5.32 Å². The average Bonchev–Trinajstić information content (AvgIpc) is 2.73. The van der Waals surface area contributed by atoms with Gasteiger partial charge in [0.15, 0.2) is 0 Å². The predicted molar refractivity (Wildman–Crippen MR) is 106 cm³/mol. The van der Waals surface area contributed by atoms with Gasteiger partial charge in [-0.1, -0.05) is 31.5 Å². The maximum Gasteiger partial charge on any atom is 0.416 e. The quantitative estimate of drug-likeness (QED) is 0.684. The van der Waals surface area contributed by atoms with Crippen molar-refractivity contribution in [3.63, 3.8) is 0 Å². The number of hydrogen-bond acceptors (Lipinski definition) is 2. The third kappa shape index (κ3) is 5.18. The van der Waals surface area contributed by atoms with Crippen LogP contribution in [0.2, 0.25) is 0 Å². The molecule has 1 aliphatic rings. The number of nitrogens with one attached hydrogen (secondary N) is 1. The van der Waals surface area contributed by atoms with Crippen molar-refractivity contribution in [3.05, 3.63) is 59.2 Å². The molecule has 0 spiro atoms. The summed E-state index contributed by atoms with van der Waals surface area (Å²) in [4.78, 5) is 12.7. The molecule has 1 saturated carbocycles. The van der Waals surface area contributed by atoms with Gasteiger partial charge in [0.25, 0.3) is 5.91 Å². The van der Waals surface area contributed by atoms with E-state index in [2.05, 4.69) is 12.2 Å². The Labute approximate surface area is 168 Å². The minimum atomic E-state index is -4.46. The Morgan fingerprint density at radius 3 is 2.45 bits per heavy atom. The van der Waals surface area contributed by atoms with Gasteiger partial charge in [-0.2, -0.15) is 13.2 Å². The molecule has 1 aliphatic carbocycles. The van der Waals surface area contributed by atoms with Gasteiger partial charge in [0, 0.05) is 11.6 Å². The number of hydrogen-bond donors (Lipinski definition) is 2. The number of carbonyl (C=O) groups is 1. The van der Waals surface area contributed by atoms with Crippen LogP contribution in [0.3, 0.4) is 0 Å². The number of rotatable bonds is 5. The number of carbonyl (C=O) groups excluding carboxylic acids is 1. The zero-order valence-electron chi connectivity index (χ0n) is 16.4. The summed E-state index contributed by atoms with van der Waals surface area (Å²) < 4.78 is 39.2. The Hall–Kier alpha value is -2.34. The van der Waals surface area contributed by atoms with Crippen molar-refractivity contribution >= 4 is 5.91 Å². The van der Waals surface area contributed by atoms with E-state index in [9.17, 15) is 23.1 Å². The molecule has 0 unspecified atom stereocenters. The van der Waals surface area contributed by atoms with Crippen LogP contribution in [0.4, 0.5) is 13.2 Å². The first-order valence-electron chi connectivity index (χ1n) is 10.0. The van der Waals surface area contributed by atoms with Gasteiger partial charge in [-0.05, 0) is 72.6 Å². The minimum absolute atomic E-state index is 0.125. The monoisotopic (exact) mass is 405 g/mol. The Balaban J connectivity index is 1.83. The predicted octanol–water partition coefficient (Wildman–Crippen LogP) is 5.56. The smallest absolute Gasteiger partial charge is 0.392 e. The summed E-state index contributed by atoms with van der Waals surface area (Å²) in [6.45, 7) is 1.86. The van der Waals surface area contributed by atoms with E-state index in [1.54, 1.807) is 24.3 Å². The van der Waals surface area contributed by atoms with Crippen molar-refractivity contribution in [3.8, 4) is 11.1 Å². The number of aliphatic hydroxyl groups is 1. The van der Waals surface area contributed by atoms with E-state index in [1.165, 1.54) is 6.07 Å². The van der Waals surface area contributed by atoms with Gasteiger partial charge < -0.3 is 10.4 Å². The van der Waals surface area contributed by atoms with E-state index in [-0.39, 0.29) is 18.6 Å². The van der Waals surface area contributed by atoms with Crippen LogP contribution in [-0.4, -0.2) is 17.1 Å². The number of amides is 1. The molecule has 156 valence electrons. The summed E-state index contributed by atoms with van der Waals surface area (Å²) >= 11 is 0. The van der Waals surface area contributed by atoms with Crippen molar-refractivity contribution < 1.29 is 23.1 Å². The summed E-state index contributed by atoms with van der Waals surface area (Å²) in [5.74, 6) is 0.488. The van der Waals surface area contributed by atoms with Crippen LogP contribution >= 0.6 is 0 Å². The number of alkyl halides is 3. The van der Waals surface area contributed by atoms with Gasteiger partial charge in [0.2, 0.25) is 0 Å². The Morgan fingerprint density at radius 1 is 1.10 bits per heavy atom. The number of benzene rings is 2. The Bertz CT molecular complexity index is 855. The SMILES string of the molecule is CCC1CCC(NC(=O)c2ccc(CO)c(-c3cccc(C(F)(F)F)c3)c2)CC1. The second kappa shape index (κ2) is 8.99. The van der Waals surface area contributed by atoms with Crippen LogP contribution in [0.1, 0.15) is 60.5 Å². The zero-order valence-corrected chi connectivity index (χ0v) is 16.4. The van der Waals surface area contributed by atoms with E-state index < -0.39 is 11.7 Å². The molecule has 0 radical (unpaired) electrons. The molecule has 6 heteroatoms. The van der Waals surface area contributed by atoms with Crippen molar-refractivity contribution in [2.45, 2.75) is 57.9 Å². The fourth-order valence-corrected chi connectivity index (χ4v) is 3.97. The normalized spacial score (nSPS) is 19.8. The van der Waals surface area contributed by atoms with Crippen LogP contribution in [0.5, 0.6) is 0 Å². The summed E-state index contributed by atoms with van der Waals surface area (Å²) in [5.41, 5.74) is 0.848. The second-order valence-corrected chi connectivity index (χ2v) is 7.71. The first-order chi connectivity index (χ1) is 13.8. The molecule has 0 atom stereocenters. The van der Waals surface area contributed by atoms with E-state index in [0.717, 1.165) is 50.2 Å². The molecule has 2 aromatic carbocycles. The fourth-order valence-electron chi connectivity index (χ4n) is 3.97. The molecule has 0 aromatic heterocycles. The van der Waals surface area contributed by atoms with Crippen LogP contribution in [-0.2, 0) is 12.8 Å². The van der Waals surface area contributed by atoms with Gasteiger partial charge in [0.05, 0.1) is 12.2 Å². The maximum atomic E-state index is 13.1. The summed E-state index contributed by atoms with van der Waals surface area (Å²) in [5, 5.41) is 12.7. The van der Waals surface area contributed by atoms with Gasteiger partial charge in [-0.15, -0.1) is 0 Å². The molecule has 2 aromatic rings. The van der Waals surface area contributed by atoms with E-state index in [4.69, 9.17) is 0 Å². The van der Waals surface area contributed by atoms with E-state index >= 15 is 0 Å². The topological polar surface area (TPSA) is 49.3 Å². The summed E-state index contributed by atoms with van der Waals surface area (Å²) in [6, 6.07) is 9.82. The molecular formula is C23H26F3NO2. The molecule has 1 amide bonds. The second-order valence-electron chi connectivity index (χ2n) is 7.71. The highest BCUT2D eigenvalue weighted by atomic mass is 19.4. The standard InChI is InChI=1S/C23H26F3NO2/c1-2-15-6-10-20(11-7-15)27-22(29)17-8-9-18(14-28)21(13-17)16-4-3-5-19(12-16)23(24,25)26/h3-5,8-9,12-13,15,20,28H,2,6-7,10-11,14H2,1H3,(H,27,29). The maximum absolute atomic E-state index is 13.1. The van der Waals surface area contributed by atoms with Gasteiger partial charge in [0.1, 0.15) is 0 Å². The van der Waals surface area contributed by atoms with Crippen molar-refractivity contribution in [1.29, 1.82) is 0 Å². The fraction of sp³-hybridized carbons (Fsp3) is 0.435. The highest BCUT2D eigenvalue weighted by molar-refractivity contribution is 5.96.